The van der Waals surface area contributed by atoms with Crippen molar-refractivity contribution in [1.29, 1.82) is 0 Å². The van der Waals surface area contributed by atoms with Gasteiger partial charge in [-0.25, -0.2) is 4.79 Å². The van der Waals surface area contributed by atoms with Gasteiger partial charge in [-0.2, -0.15) is 0 Å². The van der Waals surface area contributed by atoms with Crippen LogP contribution >= 0.6 is 0 Å². The molecule has 0 spiro atoms. The Morgan fingerprint density at radius 2 is 2.00 bits per heavy atom. The number of hydrogen-bond acceptors (Lipinski definition) is 4. The predicted octanol–water partition coefficient (Wildman–Crippen LogP) is 1.64. The lowest BCUT2D eigenvalue weighted by atomic mass is 9.86. The van der Waals surface area contributed by atoms with Gasteiger partial charge in [0.05, 0.1) is 25.9 Å². The quantitative estimate of drug-likeness (QED) is 0.819. The van der Waals surface area contributed by atoms with Crippen LogP contribution in [0.1, 0.15) is 34.6 Å². The van der Waals surface area contributed by atoms with Crippen LogP contribution in [0.3, 0.4) is 0 Å². The summed E-state index contributed by atoms with van der Waals surface area (Å²) in [5.41, 5.74) is -0.849. The number of amides is 1. The molecule has 5 nitrogen and oxygen atoms in total. The van der Waals surface area contributed by atoms with Crippen LogP contribution in [0.5, 0.6) is 0 Å². The first kappa shape index (κ1) is 15.2. The summed E-state index contributed by atoms with van der Waals surface area (Å²) >= 11 is 0. The molecular formula is C13H25NO4. The van der Waals surface area contributed by atoms with Crippen molar-refractivity contribution in [2.45, 2.75) is 46.3 Å². The minimum Gasteiger partial charge on any atom is -0.444 e. The summed E-state index contributed by atoms with van der Waals surface area (Å²) in [5, 5.41) is 9.34. The molecular weight excluding hydrogens is 234 g/mol. The van der Waals surface area contributed by atoms with Crippen molar-refractivity contribution in [2.24, 2.45) is 5.41 Å². The summed E-state index contributed by atoms with van der Waals surface area (Å²) in [6, 6.07) is 0. The van der Waals surface area contributed by atoms with Crippen LogP contribution in [-0.4, -0.2) is 54.1 Å². The maximum absolute atomic E-state index is 12.0. The van der Waals surface area contributed by atoms with Gasteiger partial charge in [0.1, 0.15) is 5.60 Å². The molecule has 1 atom stereocenters. The van der Waals surface area contributed by atoms with Crippen LogP contribution < -0.4 is 0 Å². The average Bonchev–Trinajstić information content (AvgIpc) is 2.27. The number of rotatable bonds is 2. The Balaban J connectivity index is 2.61. The van der Waals surface area contributed by atoms with Gasteiger partial charge in [0, 0.05) is 12.0 Å². The maximum atomic E-state index is 12.0. The zero-order chi connectivity index (χ0) is 14.0. The van der Waals surface area contributed by atoms with Crippen molar-refractivity contribution in [3.05, 3.63) is 0 Å². The van der Waals surface area contributed by atoms with Gasteiger partial charge >= 0.3 is 6.09 Å². The molecule has 1 N–H and O–H groups in total. The molecule has 0 aromatic rings. The molecule has 1 aliphatic rings. The molecule has 1 saturated heterocycles. The third-order valence-corrected chi connectivity index (χ3v) is 3.00. The maximum Gasteiger partial charge on any atom is 0.410 e. The number of ether oxygens (including phenoxy) is 2. The molecule has 5 heteroatoms. The highest BCUT2D eigenvalue weighted by Gasteiger charge is 2.36. The van der Waals surface area contributed by atoms with E-state index < -0.39 is 5.60 Å². The molecule has 0 saturated carbocycles. The lowest BCUT2D eigenvalue weighted by Gasteiger charge is -2.40. The monoisotopic (exact) mass is 259 g/mol. The Bertz CT molecular complexity index is 296. The van der Waals surface area contributed by atoms with Gasteiger partial charge in [0.15, 0.2) is 0 Å². The summed E-state index contributed by atoms with van der Waals surface area (Å²) in [7, 11) is 0. The van der Waals surface area contributed by atoms with Crippen LogP contribution in [-0.2, 0) is 9.47 Å². The summed E-state index contributed by atoms with van der Waals surface area (Å²) in [6.45, 7) is 10.9. The van der Waals surface area contributed by atoms with Crippen molar-refractivity contribution in [1.82, 2.24) is 4.90 Å². The second kappa shape index (κ2) is 5.45. The van der Waals surface area contributed by atoms with E-state index in [0.717, 1.165) is 0 Å². The summed E-state index contributed by atoms with van der Waals surface area (Å²) in [6.07, 6.45) is -0.478. The van der Waals surface area contributed by atoms with Crippen molar-refractivity contribution in [3.63, 3.8) is 0 Å². The van der Waals surface area contributed by atoms with Gasteiger partial charge in [-0.1, -0.05) is 13.8 Å². The molecule has 1 fully saturated rings. The van der Waals surface area contributed by atoms with Gasteiger partial charge in [-0.05, 0) is 20.8 Å². The Morgan fingerprint density at radius 1 is 1.39 bits per heavy atom. The van der Waals surface area contributed by atoms with Crippen LogP contribution in [0, 0.1) is 5.41 Å². The van der Waals surface area contributed by atoms with Crippen LogP contribution in [0.4, 0.5) is 4.79 Å². The molecule has 1 amide bonds. The molecule has 0 aromatic heterocycles. The number of nitrogens with zero attached hydrogens (tertiary/aromatic N) is 1. The zero-order valence-corrected chi connectivity index (χ0v) is 12.0. The molecule has 1 aliphatic heterocycles. The van der Waals surface area contributed by atoms with E-state index in [1.54, 1.807) is 4.90 Å². The van der Waals surface area contributed by atoms with E-state index in [0.29, 0.717) is 19.7 Å². The SMILES string of the molecule is CC(C)(C)OC(=O)N1CCOC(C(C)(C)CO)C1. The van der Waals surface area contributed by atoms with Gasteiger partial charge < -0.3 is 19.5 Å². The number of morpholine rings is 1. The van der Waals surface area contributed by atoms with Crippen LogP contribution in [0.15, 0.2) is 0 Å². The number of carbonyl (C=O) groups is 1. The Hall–Kier alpha value is -0.810. The van der Waals surface area contributed by atoms with E-state index in [2.05, 4.69) is 0 Å². The minimum absolute atomic E-state index is 0.0276. The smallest absolute Gasteiger partial charge is 0.410 e. The van der Waals surface area contributed by atoms with Gasteiger partial charge in [0.2, 0.25) is 0 Å². The van der Waals surface area contributed by atoms with Gasteiger partial charge in [0.25, 0.3) is 0 Å². The van der Waals surface area contributed by atoms with Crippen molar-refractivity contribution in [3.8, 4) is 0 Å². The summed E-state index contributed by atoms with van der Waals surface area (Å²) in [5.74, 6) is 0. The molecule has 0 aromatic carbocycles. The standard InChI is InChI=1S/C13H25NO4/c1-12(2,3)18-11(16)14-6-7-17-10(8-14)13(4,5)9-15/h10,15H,6-9H2,1-5H3. The molecule has 0 aliphatic carbocycles. The molecule has 18 heavy (non-hydrogen) atoms. The van der Waals surface area contributed by atoms with Gasteiger partial charge in [-0.15, -0.1) is 0 Å². The zero-order valence-electron chi connectivity index (χ0n) is 12.0. The number of aliphatic hydroxyl groups excluding tert-OH is 1. The average molecular weight is 259 g/mol. The van der Waals surface area contributed by atoms with E-state index in [1.165, 1.54) is 0 Å². The first-order valence-corrected chi connectivity index (χ1v) is 6.36. The predicted molar refractivity (Wildman–Crippen MR) is 68.4 cm³/mol. The number of aliphatic hydroxyl groups is 1. The fourth-order valence-electron chi connectivity index (χ4n) is 1.72. The fraction of sp³-hybridized carbons (Fsp3) is 0.923. The normalized spacial score (nSPS) is 21.9. The number of hydrogen-bond donors (Lipinski definition) is 1. The second-order valence-electron chi connectivity index (χ2n) is 6.43. The summed E-state index contributed by atoms with van der Waals surface area (Å²) < 4.78 is 11.0. The lowest BCUT2D eigenvalue weighted by molar-refractivity contribution is -0.0992. The molecule has 1 unspecified atom stereocenters. The topological polar surface area (TPSA) is 59.0 Å². The molecule has 0 radical (unpaired) electrons. The third kappa shape index (κ3) is 4.14. The van der Waals surface area contributed by atoms with Crippen molar-refractivity contribution in [2.75, 3.05) is 26.3 Å². The van der Waals surface area contributed by atoms with Crippen LogP contribution in [0.25, 0.3) is 0 Å². The van der Waals surface area contributed by atoms with E-state index >= 15 is 0 Å². The first-order valence-electron chi connectivity index (χ1n) is 6.36. The Kier molecular flexibility index (Phi) is 4.61. The van der Waals surface area contributed by atoms with Gasteiger partial charge in [-0.3, -0.25) is 0 Å². The van der Waals surface area contributed by atoms with Crippen molar-refractivity contribution >= 4 is 6.09 Å². The molecule has 0 bridgehead atoms. The fourth-order valence-corrected chi connectivity index (χ4v) is 1.72. The molecule has 106 valence electrons. The largest absolute Gasteiger partial charge is 0.444 e. The second-order valence-corrected chi connectivity index (χ2v) is 6.43. The highest BCUT2D eigenvalue weighted by atomic mass is 16.6. The number of carbonyl (C=O) groups excluding carboxylic acids is 1. The van der Waals surface area contributed by atoms with E-state index in [-0.39, 0.29) is 24.2 Å². The summed E-state index contributed by atoms with van der Waals surface area (Å²) in [4.78, 5) is 13.6. The Labute approximate surface area is 109 Å². The lowest BCUT2D eigenvalue weighted by Crippen LogP contribution is -2.52. The van der Waals surface area contributed by atoms with Crippen LogP contribution in [0.2, 0.25) is 0 Å². The highest BCUT2D eigenvalue weighted by Crippen LogP contribution is 2.26. The van der Waals surface area contributed by atoms with Crippen molar-refractivity contribution < 1.29 is 19.4 Å². The highest BCUT2D eigenvalue weighted by molar-refractivity contribution is 5.68. The minimum atomic E-state index is -0.489. The molecule has 1 rings (SSSR count). The first-order chi connectivity index (χ1) is 8.15. The Morgan fingerprint density at radius 3 is 2.50 bits per heavy atom. The molecule has 1 heterocycles. The van der Waals surface area contributed by atoms with E-state index in [1.807, 2.05) is 34.6 Å². The van der Waals surface area contributed by atoms with E-state index in [4.69, 9.17) is 9.47 Å². The third-order valence-electron chi connectivity index (χ3n) is 3.00. The van der Waals surface area contributed by atoms with E-state index in [9.17, 15) is 9.90 Å².